The molecule has 1 fully saturated rings. The number of carbonyl (C=O) groups is 1. The van der Waals surface area contributed by atoms with E-state index in [-0.39, 0.29) is 11.9 Å². The maximum Gasteiger partial charge on any atom is 0.129 e. The Balaban J connectivity index is 2.10. The van der Waals surface area contributed by atoms with Crippen LogP contribution in [0.2, 0.25) is 0 Å². The lowest BCUT2D eigenvalue weighted by atomic mass is 10.1. The number of likely N-dealkylation sites (tertiary alicyclic amines) is 1. The Morgan fingerprint density at radius 2 is 2.38 bits per heavy atom. The number of β-amino-alcohol motifs (C(OH)–C–C–N with tert-alkyl or cyclic N) is 1. The first kappa shape index (κ1) is 10.7. The molecule has 1 aliphatic rings. The average Bonchev–Trinajstić information content (AvgIpc) is 2.03. The minimum Gasteiger partial charge on any atom is -0.392 e. The van der Waals surface area contributed by atoms with Crippen molar-refractivity contribution < 1.29 is 9.90 Å². The van der Waals surface area contributed by atoms with Gasteiger partial charge >= 0.3 is 0 Å². The number of ketones is 1. The van der Waals surface area contributed by atoms with Crippen molar-refractivity contribution in [1.82, 2.24) is 4.90 Å². The van der Waals surface area contributed by atoms with E-state index >= 15 is 0 Å². The molecule has 0 saturated carbocycles. The number of hydrogen-bond donors (Lipinski definition) is 1. The zero-order chi connectivity index (χ0) is 9.68. The van der Waals surface area contributed by atoms with Gasteiger partial charge in [-0.25, -0.2) is 0 Å². The summed E-state index contributed by atoms with van der Waals surface area (Å²) in [4.78, 5) is 12.9. The highest BCUT2D eigenvalue weighted by molar-refractivity contribution is 5.75. The Labute approximate surface area is 79.7 Å². The van der Waals surface area contributed by atoms with E-state index in [2.05, 4.69) is 4.90 Å². The predicted octanol–water partition coefficient (Wildman–Crippen LogP) is 0.812. The smallest absolute Gasteiger partial charge is 0.129 e. The fourth-order valence-corrected chi connectivity index (χ4v) is 1.79. The molecular weight excluding hydrogens is 166 g/mol. The summed E-state index contributed by atoms with van der Waals surface area (Å²) in [5.41, 5.74) is 0. The zero-order valence-corrected chi connectivity index (χ0v) is 8.33. The minimum absolute atomic E-state index is 0.147. The second-order valence-electron chi connectivity index (χ2n) is 3.90. The number of rotatable bonds is 4. The van der Waals surface area contributed by atoms with Crippen molar-refractivity contribution in [2.24, 2.45) is 0 Å². The van der Waals surface area contributed by atoms with Crippen molar-refractivity contribution in [3.05, 3.63) is 0 Å². The number of piperidine rings is 1. The number of hydrogen-bond acceptors (Lipinski definition) is 3. The summed E-state index contributed by atoms with van der Waals surface area (Å²) in [6.45, 7) is 4.45. The third kappa shape index (κ3) is 4.39. The van der Waals surface area contributed by atoms with Crippen LogP contribution in [0.3, 0.4) is 0 Å². The van der Waals surface area contributed by atoms with Crippen molar-refractivity contribution >= 4 is 5.78 Å². The van der Waals surface area contributed by atoms with Crippen LogP contribution in [-0.4, -0.2) is 41.5 Å². The summed E-state index contributed by atoms with van der Waals surface area (Å²) in [5, 5.41) is 9.38. The van der Waals surface area contributed by atoms with Crippen LogP contribution in [-0.2, 0) is 4.79 Å². The highest BCUT2D eigenvalue weighted by Gasteiger charge is 2.16. The molecule has 1 aliphatic heterocycles. The molecule has 1 N–H and O–H groups in total. The van der Waals surface area contributed by atoms with Gasteiger partial charge in [0.05, 0.1) is 6.10 Å². The van der Waals surface area contributed by atoms with E-state index < -0.39 is 0 Å². The van der Waals surface area contributed by atoms with E-state index in [0.717, 1.165) is 38.9 Å². The van der Waals surface area contributed by atoms with Gasteiger partial charge in [0, 0.05) is 13.0 Å². The molecule has 3 nitrogen and oxygen atoms in total. The van der Waals surface area contributed by atoms with Crippen LogP contribution in [0, 0.1) is 0 Å². The molecule has 13 heavy (non-hydrogen) atoms. The number of aliphatic hydroxyl groups is 1. The fourth-order valence-electron chi connectivity index (χ4n) is 1.79. The Hall–Kier alpha value is -0.410. The third-order valence-corrected chi connectivity index (χ3v) is 2.48. The van der Waals surface area contributed by atoms with Crippen LogP contribution < -0.4 is 0 Å². The van der Waals surface area contributed by atoms with Gasteiger partial charge in [-0.1, -0.05) is 0 Å². The summed E-state index contributed by atoms with van der Waals surface area (Å²) < 4.78 is 0. The molecule has 1 atom stereocenters. The Kier molecular flexibility index (Phi) is 4.39. The maximum atomic E-state index is 10.7. The van der Waals surface area contributed by atoms with E-state index in [0.29, 0.717) is 6.42 Å². The van der Waals surface area contributed by atoms with E-state index in [1.165, 1.54) is 0 Å². The monoisotopic (exact) mass is 185 g/mol. The minimum atomic E-state index is -0.147. The zero-order valence-electron chi connectivity index (χ0n) is 8.33. The van der Waals surface area contributed by atoms with Gasteiger partial charge in [0.2, 0.25) is 0 Å². The molecule has 1 saturated heterocycles. The number of Topliss-reactive ketones (excluding diaryl/α,β-unsaturated/α-hetero) is 1. The quantitative estimate of drug-likeness (QED) is 0.704. The molecule has 0 spiro atoms. The SMILES string of the molecule is CC(=O)CCCN1CCCC(O)C1. The van der Waals surface area contributed by atoms with Gasteiger partial charge < -0.3 is 14.8 Å². The van der Waals surface area contributed by atoms with Crippen molar-refractivity contribution in [1.29, 1.82) is 0 Å². The Morgan fingerprint density at radius 1 is 1.62 bits per heavy atom. The number of nitrogens with zero attached hydrogens (tertiary/aromatic N) is 1. The summed E-state index contributed by atoms with van der Waals surface area (Å²) >= 11 is 0. The van der Waals surface area contributed by atoms with E-state index in [1.807, 2.05) is 0 Å². The van der Waals surface area contributed by atoms with Gasteiger partial charge in [-0.2, -0.15) is 0 Å². The van der Waals surface area contributed by atoms with Gasteiger partial charge in [-0.05, 0) is 39.3 Å². The molecule has 1 rings (SSSR count). The lowest BCUT2D eigenvalue weighted by Gasteiger charge is -2.29. The van der Waals surface area contributed by atoms with Crippen LogP contribution in [0.15, 0.2) is 0 Å². The lowest BCUT2D eigenvalue weighted by Crippen LogP contribution is -2.38. The predicted molar refractivity (Wildman–Crippen MR) is 51.6 cm³/mol. The molecule has 0 aliphatic carbocycles. The molecule has 76 valence electrons. The Morgan fingerprint density at radius 3 is 3.00 bits per heavy atom. The van der Waals surface area contributed by atoms with Gasteiger partial charge in [0.15, 0.2) is 0 Å². The van der Waals surface area contributed by atoms with Gasteiger partial charge in [0.1, 0.15) is 5.78 Å². The third-order valence-electron chi connectivity index (χ3n) is 2.48. The first-order chi connectivity index (χ1) is 6.18. The van der Waals surface area contributed by atoms with Crippen LogP contribution in [0.5, 0.6) is 0 Å². The van der Waals surface area contributed by atoms with Crippen LogP contribution in [0.1, 0.15) is 32.6 Å². The molecule has 0 aromatic heterocycles. The van der Waals surface area contributed by atoms with E-state index in [9.17, 15) is 9.90 Å². The molecule has 0 amide bonds. The van der Waals surface area contributed by atoms with Crippen LogP contribution in [0.4, 0.5) is 0 Å². The van der Waals surface area contributed by atoms with Crippen molar-refractivity contribution in [3.8, 4) is 0 Å². The molecule has 0 bridgehead atoms. The topological polar surface area (TPSA) is 40.5 Å². The van der Waals surface area contributed by atoms with Crippen molar-refractivity contribution in [3.63, 3.8) is 0 Å². The standard InChI is InChI=1S/C10H19NO2/c1-9(12)4-2-6-11-7-3-5-10(13)8-11/h10,13H,2-8H2,1H3. The molecular formula is C10H19NO2. The molecule has 0 aromatic carbocycles. The van der Waals surface area contributed by atoms with Gasteiger partial charge in [-0.15, -0.1) is 0 Å². The average molecular weight is 185 g/mol. The summed E-state index contributed by atoms with van der Waals surface area (Å²) in [7, 11) is 0. The fraction of sp³-hybridized carbons (Fsp3) is 0.900. The first-order valence-electron chi connectivity index (χ1n) is 5.08. The second-order valence-corrected chi connectivity index (χ2v) is 3.90. The van der Waals surface area contributed by atoms with E-state index in [1.54, 1.807) is 6.92 Å². The van der Waals surface area contributed by atoms with Crippen molar-refractivity contribution in [2.45, 2.75) is 38.7 Å². The molecule has 0 radical (unpaired) electrons. The number of aliphatic hydroxyl groups excluding tert-OH is 1. The highest BCUT2D eigenvalue weighted by Crippen LogP contribution is 2.10. The molecule has 3 heteroatoms. The first-order valence-corrected chi connectivity index (χ1v) is 5.08. The second kappa shape index (κ2) is 5.35. The molecule has 1 unspecified atom stereocenters. The normalized spacial score (nSPS) is 24.6. The number of carbonyl (C=O) groups excluding carboxylic acids is 1. The van der Waals surface area contributed by atoms with Crippen LogP contribution >= 0.6 is 0 Å². The van der Waals surface area contributed by atoms with Crippen LogP contribution in [0.25, 0.3) is 0 Å². The van der Waals surface area contributed by atoms with Gasteiger partial charge in [0.25, 0.3) is 0 Å². The molecule has 0 aromatic rings. The van der Waals surface area contributed by atoms with E-state index in [4.69, 9.17) is 0 Å². The van der Waals surface area contributed by atoms with Gasteiger partial charge in [-0.3, -0.25) is 0 Å². The lowest BCUT2D eigenvalue weighted by molar-refractivity contribution is -0.117. The summed E-state index contributed by atoms with van der Waals surface area (Å²) in [6, 6.07) is 0. The maximum absolute atomic E-state index is 10.7. The summed E-state index contributed by atoms with van der Waals surface area (Å²) in [6.07, 6.45) is 3.48. The van der Waals surface area contributed by atoms with Crippen molar-refractivity contribution in [2.75, 3.05) is 19.6 Å². The Bertz CT molecular complexity index is 170. The largest absolute Gasteiger partial charge is 0.392 e. The highest BCUT2D eigenvalue weighted by atomic mass is 16.3. The summed E-state index contributed by atoms with van der Waals surface area (Å²) in [5.74, 6) is 0.262. The molecule has 1 heterocycles.